The normalized spacial score (nSPS) is 13.2. The monoisotopic (exact) mass is 261 g/mol. The number of likely N-dealkylation sites (N-methyl/N-ethyl adjacent to an activating group) is 1. The summed E-state index contributed by atoms with van der Waals surface area (Å²) < 4.78 is 37.0. The quantitative estimate of drug-likeness (QED) is 0.810. The average molecular weight is 261 g/mol. The van der Waals surface area contributed by atoms with E-state index in [2.05, 4.69) is 0 Å². The van der Waals surface area contributed by atoms with Crippen molar-refractivity contribution in [3.8, 4) is 0 Å². The fourth-order valence-electron chi connectivity index (χ4n) is 1.37. The summed E-state index contributed by atoms with van der Waals surface area (Å²) in [6, 6.07) is 3.93. The van der Waals surface area contributed by atoms with E-state index >= 15 is 0 Å². The van der Waals surface area contributed by atoms with Gasteiger partial charge < -0.3 is 16.4 Å². The van der Waals surface area contributed by atoms with E-state index in [1.807, 2.05) is 0 Å². The van der Waals surface area contributed by atoms with Crippen molar-refractivity contribution in [1.82, 2.24) is 4.90 Å². The molecule has 18 heavy (non-hydrogen) atoms. The van der Waals surface area contributed by atoms with E-state index in [0.717, 1.165) is 17.0 Å². The number of primary amides is 1. The van der Waals surface area contributed by atoms with Gasteiger partial charge in [-0.2, -0.15) is 13.2 Å². The van der Waals surface area contributed by atoms with Crippen molar-refractivity contribution in [3.05, 3.63) is 35.4 Å². The first kappa shape index (κ1) is 14.3. The van der Waals surface area contributed by atoms with Crippen molar-refractivity contribution >= 4 is 6.03 Å². The number of halogens is 3. The molecule has 0 aliphatic carbocycles. The zero-order chi connectivity index (χ0) is 13.9. The predicted octanol–water partition coefficient (Wildman–Crippen LogP) is 1.54. The number of amides is 2. The van der Waals surface area contributed by atoms with Crippen molar-refractivity contribution in [1.29, 1.82) is 0 Å². The van der Waals surface area contributed by atoms with Gasteiger partial charge in [0.05, 0.1) is 11.7 Å². The van der Waals surface area contributed by atoms with E-state index in [-0.39, 0.29) is 6.42 Å². The van der Waals surface area contributed by atoms with E-state index in [1.54, 1.807) is 0 Å². The number of rotatable bonds is 3. The Labute approximate surface area is 102 Å². The van der Waals surface area contributed by atoms with Gasteiger partial charge in [-0.1, -0.05) is 12.1 Å². The second kappa shape index (κ2) is 5.26. The largest absolute Gasteiger partial charge is 0.416 e. The lowest BCUT2D eigenvalue weighted by Crippen LogP contribution is -2.47. The molecule has 0 fully saturated rings. The molecule has 0 saturated carbocycles. The predicted molar refractivity (Wildman–Crippen MR) is 60.5 cm³/mol. The molecule has 0 aliphatic heterocycles. The van der Waals surface area contributed by atoms with Crippen molar-refractivity contribution < 1.29 is 18.0 Å². The molecule has 1 aromatic rings. The van der Waals surface area contributed by atoms with E-state index in [0.29, 0.717) is 5.56 Å². The fraction of sp³-hybridized carbons (Fsp3) is 0.364. The highest BCUT2D eigenvalue weighted by Gasteiger charge is 2.30. The average Bonchev–Trinajstić information content (AvgIpc) is 2.27. The minimum Gasteiger partial charge on any atom is -0.351 e. The van der Waals surface area contributed by atoms with Crippen LogP contribution in [0.25, 0.3) is 0 Å². The third kappa shape index (κ3) is 3.63. The van der Waals surface area contributed by atoms with Crippen molar-refractivity contribution in [2.45, 2.75) is 18.8 Å². The lowest BCUT2D eigenvalue weighted by atomic mass is 10.1. The van der Waals surface area contributed by atoms with Gasteiger partial charge >= 0.3 is 12.2 Å². The van der Waals surface area contributed by atoms with Gasteiger partial charge in [0.25, 0.3) is 0 Å². The number of benzene rings is 1. The van der Waals surface area contributed by atoms with Gasteiger partial charge in [0, 0.05) is 13.5 Å². The maximum atomic E-state index is 12.3. The minimum atomic E-state index is -4.36. The summed E-state index contributed by atoms with van der Waals surface area (Å²) in [5.41, 5.74) is 10.6. The van der Waals surface area contributed by atoms with Crippen LogP contribution >= 0.6 is 0 Å². The van der Waals surface area contributed by atoms with Gasteiger partial charge in [-0.05, 0) is 17.7 Å². The molecular formula is C11H14F3N3O. The third-order valence-electron chi connectivity index (χ3n) is 2.57. The summed E-state index contributed by atoms with van der Waals surface area (Å²) in [6.45, 7) is 0. The van der Waals surface area contributed by atoms with Crippen LogP contribution in [0.15, 0.2) is 24.3 Å². The fourth-order valence-corrected chi connectivity index (χ4v) is 1.37. The van der Waals surface area contributed by atoms with Crippen molar-refractivity contribution in [2.75, 3.05) is 7.05 Å². The summed E-state index contributed by atoms with van der Waals surface area (Å²) in [4.78, 5) is 12.0. The molecule has 4 N–H and O–H groups in total. The van der Waals surface area contributed by atoms with Gasteiger partial charge in [-0.3, -0.25) is 0 Å². The number of hydrogen-bond donors (Lipinski definition) is 2. The molecule has 7 heteroatoms. The highest BCUT2D eigenvalue weighted by Crippen LogP contribution is 2.29. The Morgan fingerprint density at radius 2 is 1.83 bits per heavy atom. The molecule has 0 aliphatic rings. The Balaban J connectivity index is 2.73. The van der Waals surface area contributed by atoms with E-state index in [4.69, 9.17) is 11.5 Å². The van der Waals surface area contributed by atoms with Crippen LogP contribution in [-0.2, 0) is 12.6 Å². The number of nitrogens with two attached hydrogens (primary N) is 2. The zero-order valence-corrected chi connectivity index (χ0v) is 9.74. The molecule has 0 saturated heterocycles. The van der Waals surface area contributed by atoms with Crippen LogP contribution in [0.4, 0.5) is 18.0 Å². The van der Waals surface area contributed by atoms with E-state index in [9.17, 15) is 18.0 Å². The van der Waals surface area contributed by atoms with Gasteiger partial charge in [0.15, 0.2) is 0 Å². The SMILES string of the molecule is CN(C(N)=O)[C@@H](N)Cc1ccc(C(F)(F)F)cc1. The van der Waals surface area contributed by atoms with E-state index in [1.165, 1.54) is 19.2 Å². The van der Waals surface area contributed by atoms with Crippen molar-refractivity contribution in [3.63, 3.8) is 0 Å². The van der Waals surface area contributed by atoms with Gasteiger partial charge in [0.1, 0.15) is 0 Å². The molecule has 0 unspecified atom stereocenters. The molecule has 0 bridgehead atoms. The Kier molecular flexibility index (Phi) is 4.18. The Morgan fingerprint density at radius 3 is 2.22 bits per heavy atom. The molecule has 0 heterocycles. The number of carbonyl (C=O) groups is 1. The molecule has 1 atom stereocenters. The topological polar surface area (TPSA) is 72.3 Å². The molecule has 0 radical (unpaired) electrons. The molecular weight excluding hydrogens is 247 g/mol. The second-order valence-electron chi connectivity index (χ2n) is 3.92. The summed E-state index contributed by atoms with van der Waals surface area (Å²) in [5.74, 6) is 0. The first-order valence-corrected chi connectivity index (χ1v) is 5.16. The lowest BCUT2D eigenvalue weighted by molar-refractivity contribution is -0.137. The van der Waals surface area contributed by atoms with Crippen molar-refractivity contribution in [2.24, 2.45) is 11.5 Å². The first-order chi connectivity index (χ1) is 8.21. The van der Waals surface area contributed by atoms with Crippen LogP contribution in [-0.4, -0.2) is 24.1 Å². The van der Waals surface area contributed by atoms with Crippen LogP contribution in [0.1, 0.15) is 11.1 Å². The molecule has 1 rings (SSSR count). The van der Waals surface area contributed by atoms with Crippen LogP contribution in [0.3, 0.4) is 0 Å². The summed E-state index contributed by atoms with van der Waals surface area (Å²) >= 11 is 0. The number of alkyl halides is 3. The second-order valence-corrected chi connectivity index (χ2v) is 3.92. The smallest absolute Gasteiger partial charge is 0.351 e. The number of hydrogen-bond acceptors (Lipinski definition) is 2. The van der Waals surface area contributed by atoms with Crippen LogP contribution in [0, 0.1) is 0 Å². The van der Waals surface area contributed by atoms with Gasteiger partial charge in [-0.25, -0.2) is 4.79 Å². The Bertz CT molecular complexity index is 417. The number of carbonyl (C=O) groups excluding carboxylic acids is 1. The summed E-state index contributed by atoms with van der Waals surface area (Å²) in [6.07, 6.45) is -4.79. The summed E-state index contributed by atoms with van der Waals surface area (Å²) in [5, 5.41) is 0. The highest BCUT2D eigenvalue weighted by atomic mass is 19.4. The minimum absolute atomic E-state index is 0.234. The third-order valence-corrected chi connectivity index (χ3v) is 2.57. The number of urea groups is 1. The maximum absolute atomic E-state index is 12.3. The standard InChI is InChI=1S/C11H14F3N3O/c1-17(10(16)18)9(15)6-7-2-4-8(5-3-7)11(12,13)14/h2-5,9H,6,15H2,1H3,(H2,16,18)/t9-/m1/s1. The van der Waals surface area contributed by atoms with Crippen LogP contribution < -0.4 is 11.5 Å². The molecule has 100 valence electrons. The van der Waals surface area contributed by atoms with E-state index < -0.39 is 23.9 Å². The molecule has 0 spiro atoms. The van der Waals surface area contributed by atoms with Gasteiger partial charge in [-0.15, -0.1) is 0 Å². The summed E-state index contributed by atoms with van der Waals surface area (Å²) in [7, 11) is 1.43. The number of nitrogens with zero attached hydrogens (tertiary/aromatic N) is 1. The maximum Gasteiger partial charge on any atom is 0.416 e. The molecule has 1 aromatic carbocycles. The Morgan fingerprint density at radius 1 is 1.33 bits per heavy atom. The molecule has 2 amide bonds. The zero-order valence-electron chi connectivity index (χ0n) is 9.74. The van der Waals surface area contributed by atoms with Gasteiger partial charge in [0.2, 0.25) is 0 Å². The van der Waals surface area contributed by atoms with Crippen LogP contribution in [0.2, 0.25) is 0 Å². The first-order valence-electron chi connectivity index (χ1n) is 5.16. The molecule has 0 aromatic heterocycles. The lowest BCUT2D eigenvalue weighted by Gasteiger charge is -2.22. The highest BCUT2D eigenvalue weighted by molar-refractivity contribution is 5.71. The Hall–Kier alpha value is -1.76. The molecule has 4 nitrogen and oxygen atoms in total. The van der Waals surface area contributed by atoms with Crippen LogP contribution in [0.5, 0.6) is 0 Å².